The number of aromatic nitrogens is 1. The Morgan fingerprint density at radius 1 is 0.864 bits per heavy atom. The number of pyridine rings is 1. The molecule has 1 aromatic heterocycles. The quantitative estimate of drug-likeness (QED) is 0.706. The predicted molar refractivity (Wildman–Crippen MR) is 88.5 cm³/mol. The Morgan fingerprint density at radius 3 is 1.91 bits per heavy atom. The summed E-state index contributed by atoms with van der Waals surface area (Å²) in [7, 11) is 0. The topological polar surface area (TPSA) is 60.2 Å². The zero-order valence-electron chi connectivity index (χ0n) is 11.8. The summed E-state index contributed by atoms with van der Waals surface area (Å²) in [6.07, 6.45) is 2.71. The Morgan fingerprint density at radius 2 is 1.41 bits per heavy atom. The first-order chi connectivity index (χ1) is 10.8. The molecule has 0 aliphatic carbocycles. The van der Waals surface area contributed by atoms with E-state index in [0.29, 0.717) is 11.4 Å². The molecule has 1 heterocycles. The van der Waals surface area contributed by atoms with Gasteiger partial charge in [0.2, 0.25) is 0 Å². The number of hydrogen-bond donors (Lipinski definition) is 2. The number of nitrogens with zero attached hydrogens (tertiary/aromatic N) is 2. The number of rotatable bonds is 4. The van der Waals surface area contributed by atoms with Gasteiger partial charge in [-0.05, 0) is 30.3 Å². The Balaban J connectivity index is 2.21. The zero-order chi connectivity index (χ0) is 15.4. The minimum Gasteiger partial charge on any atom is -0.504 e. The SMILES string of the molecule is N=Cc1ccnc(N(c2ccccc2)c2ccccc2)c1O. The standard InChI is InChI=1S/C18H15N3O/c19-13-14-11-12-20-18(17(14)22)21(15-7-3-1-4-8-15)16-9-5-2-6-10-16/h1-13,19,22H. The van der Waals surface area contributed by atoms with Gasteiger partial charge in [0.05, 0.1) is 0 Å². The van der Waals surface area contributed by atoms with Crippen molar-refractivity contribution in [1.82, 2.24) is 4.98 Å². The lowest BCUT2D eigenvalue weighted by Crippen LogP contribution is -2.12. The van der Waals surface area contributed by atoms with Gasteiger partial charge in [-0.15, -0.1) is 0 Å². The van der Waals surface area contributed by atoms with Crippen LogP contribution in [0.5, 0.6) is 5.75 Å². The molecule has 0 radical (unpaired) electrons. The van der Waals surface area contributed by atoms with E-state index in [1.807, 2.05) is 65.6 Å². The summed E-state index contributed by atoms with van der Waals surface area (Å²) in [5, 5.41) is 17.8. The Bertz CT molecular complexity index is 733. The maximum atomic E-state index is 10.4. The summed E-state index contributed by atoms with van der Waals surface area (Å²) in [6, 6.07) is 21.0. The first-order valence-electron chi connectivity index (χ1n) is 6.90. The average Bonchev–Trinajstić information content (AvgIpc) is 2.59. The highest BCUT2D eigenvalue weighted by Gasteiger charge is 2.18. The molecule has 0 saturated heterocycles. The third-order valence-electron chi connectivity index (χ3n) is 3.33. The molecule has 0 bridgehead atoms. The Kier molecular flexibility index (Phi) is 3.83. The molecule has 0 fully saturated rings. The van der Waals surface area contributed by atoms with E-state index < -0.39 is 0 Å². The molecule has 22 heavy (non-hydrogen) atoms. The van der Waals surface area contributed by atoms with Crippen LogP contribution in [0, 0.1) is 5.41 Å². The van der Waals surface area contributed by atoms with Crippen molar-refractivity contribution < 1.29 is 5.11 Å². The summed E-state index contributed by atoms with van der Waals surface area (Å²) >= 11 is 0. The van der Waals surface area contributed by atoms with Crippen LogP contribution in [0.1, 0.15) is 5.56 Å². The van der Waals surface area contributed by atoms with Crippen LogP contribution in [0.15, 0.2) is 72.9 Å². The first kappa shape index (κ1) is 13.8. The van der Waals surface area contributed by atoms with Crippen molar-refractivity contribution in [2.45, 2.75) is 0 Å². The molecule has 3 aromatic rings. The summed E-state index contributed by atoms with van der Waals surface area (Å²) in [5.74, 6) is 0.392. The van der Waals surface area contributed by atoms with E-state index in [1.54, 1.807) is 12.3 Å². The maximum Gasteiger partial charge on any atom is 0.180 e. The lowest BCUT2D eigenvalue weighted by atomic mass is 10.2. The summed E-state index contributed by atoms with van der Waals surface area (Å²) in [5.41, 5.74) is 2.21. The highest BCUT2D eigenvalue weighted by molar-refractivity contribution is 5.87. The van der Waals surface area contributed by atoms with Crippen LogP contribution >= 0.6 is 0 Å². The molecule has 0 amide bonds. The van der Waals surface area contributed by atoms with Gasteiger partial charge in [0.25, 0.3) is 0 Å². The van der Waals surface area contributed by atoms with E-state index in [0.717, 1.165) is 17.6 Å². The highest BCUT2D eigenvalue weighted by Crippen LogP contribution is 2.38. The second kappa shape index (κ2) is 6.10. The lowest BCUT2D eigenvalue weighted by molar-refractivity contribution is 0.473. The van der Waals surface area contributed by atoms with Crippen molar-refractivity contribution in [3.05, 3.63) is 78.5 Å². The predicted octanol–water partition coefficient (Wildman–Crippen LogP) is 4.25. The van der Waals surface area contributed by atoms with Gasteiger partial charge in [-0.3, -0.25) is 4.90 Å². The fraction of sp³-hybridized carbons (Fsp3) is 0. The third kappa shape index (κ3) is 2.54. The number of para-hydroxylation sites is 2. The van der Waals surface area contributed by atoms with E-state index in [1.165, 1.54) is 0 Å². The second-order valence-corrected chi connectivity index (χ2v) is 4.72. The second-order valence-electron chi connectivity index (χ2n) is 4.72. The third-order valence-corrected chi connectivity index (χ3v) is 3.33. The van der Waals surface area contributed by atoms with Gasteiger partial charge >= 0.3 is 0 Å². The fourth-order valence-corrected chi connectivity index (χ4v) is 2.29. The Hall–Kier alpha value is -3.14. The fourth-order valence-electron chi connectivity index (χ4n) is 2.29. The van der Waals surface area contributed by atoms with Gasteiger partial charge in [-0.1, -0.05) is 36.4 Å². The molecule has 0 spiro atoms. The normalized spacial score (nSPS) is 10.2. The molecule has 0 saturated carbocycles. The number of aromatic hydroxyl groups is 1. The van der Waals surface area contributed by atoms with E-state index in [2.05, 4.69) is 4.98 Å². The molecule has 108 valence electrons. The molecule has 4 heteroatoms. The van der Waals surface area contributed by atoms with Gasteiger partial charge in [-0.2, -0.15) is 0 Å². The number of hydrogen-bond acceptors (Lipinski definition) is 4. The van der Waals surface area contributed by atoms with Gasteiger partial charge in [0, 0.05) is 29.3 Å². The monoisotopic (exact) mass is 289 g/mol. The molecule has 0 unspecified atom stereocenters. The van der Waals surface area contributed by atoms with E-state index in [-0.39, 0.29) is 5.75 Å². The van der Waals surface area contributed by atoms with E-state index >= 15 is 0 Å². The first-order valence-corrected chi connectivity index (χ1v) is 6.90. The molecule has 4 nitrogen and oxygen atoms in total. The van der Waals surface area contributed by atoms with Crippen molar-refractivity contribution in [1.29, 1.82) is 5.41 Å². The van der Waals surface area contributed by atoms with Crippen LogP contribution in [0.4, 0.5) is 17.2 Å². The molecular formula is C18H15N3O. The average molecular weight is 289 g/mol. The van der Waals surface area contributed by atoms with Crippen LogP contribution in [0.3, 0.4) is 0 Å². The number of anilines is 3. The number of benzene rings is 2. The van der Waals surface area contributed by atoms with Crippen LogP contribution in [-0.4, -0.2) is 16.3 Å². The van der Waals surface area contributed by atoms with Crippen molar-refractivity contribution >= 4 is 23.4 Å². The molecule has 0 aliphatic rings. The van der Waals surface area contributed by atoms with Crippen LogP contribution in [0.2, 0.25) is 0 Å². The van der Waals surface area contributed by atoms with E-state index in [9.17, 15) is 5.11 Å². The van der Waals surface area contributed by atoms with E-state index in [4.69, 9.17) is 5.41 Å². The highest BCUT2D eigenvalue weighted by atomic mass is 16.3. The van der Waals surface area contributed by atoms with Crippen molar-refractivity contribution in [3.63, 3.8) is 0 Å². The van der Waals surface area contributed by atoms with Gasteiger partial charge in [0.1, 0.15) is 0 Å². The summed E-state index contributed by atoms with van der Waals surface area (Å²) in [4.78, 5) is 6.18. The van der Waals surface area contributed by atoms with Gasteiger partial charge in [0.15, 0.2) is 11.6 Å². The van der Waals surface area contributed by atoms with Crippen LogP contribution in [-0.2, 0) is 0 Å². The summed E-state index contributed by atoms with van der Waals surface area (Å²) < 4.78 is 0. The van der Waals surface area contributed by atoms with Gasteiger partial charge < -0.3 is 10.5 Å². The van der Waals surface area contributed by atoms with Crippen molar-refractivity contribution in [2.24, 2.45) is 0 Å². The molecular weight excluding hydrogens is 274 g/mol. The van der Waals surface area contributed by atoms with Crippen molar-refractivity contribution in [3.8, 4) is 5.75 Å². The molecule has 2 N–H and O–H groups in total. The minimum atomic E-state index is -0.00907. The molecule has 0 atom stereocenters. The minimum absolute atomic E-state index is 0.00907. The lowest BCUT2D eigenvalue weighted by Gasteiger charge is -2.25. The largest absolute Gasteiger partial charge is 0.504 e. The molecule has 3 rings (SSSR count). The van der Waals surface area contributed by atoms with Gasteiger partial charge in [-0.25, -0.2) is 4.98 Å². The maximum absolute atomic E-state index is 10.4. The van der Waals surface area contributed by atoms with Crippen molar-refractivity contribution in [2.75, 3.05) is 4.90 Å². The van der Waals surface area contributed by atoms with Crippen LogP contribution < -0.4 is 4.90 Å². The van der Waals surface area contributed by atoms with Crippen LogP contribution in [0.25, 0.3) is 0 Å². The molecule has 0 aliphatic heterocycles. The molecule has 2 aromatic carbocycles. The number of nitrogens with one attached hydrogen (secondary N) is 1. The zero-order valence-corrected chi connectivity index (χ0v) is 11.8. The Labute approximate surface area is 128 Å². The smallest absolute Gasteiger partial charge is 0.180 e. The summed E-state index contributed by atoms with van der Waals surface area (Å²) in [6.45, 7) is 0.